The van der Waals surface area contributed by atoms with Crippen LogP contribution in [0, 0.1) is 0 Å². The Balaban J connectivity index is 3.95. The van der Waals surface area contributed by atoms with Crippen LogP contribution in [0.15, 0.2) is 12.2 Å². The number of hydrogen-bond donors (Lipinski definition) is 3. The van der Waals surface area contributed by atoms with E-state index in [0.717, 1.165) is 19.3 Å². The first-order valence-electron chi connectivity index (χ1n) is 16.3. The van der Waals surface area contributed by atoms with Crippen LogP contribution in [0.5, 0.6) is 0 Å². The second-order valence-corrected chi connectivity index (χ2v) is 11.8. The van der Waals surface area contributed by atoms with E-state index in [1.807, 2.05) is 0 Å². The van der Waals surface area contributed by atoms with Crippen molar-refractivity contribution in [1.82, 2.24) is 0 Å². The molecule has 0 aromatic rings. The molecule has 0 aromatic carbocycles. The lowest BCUT2D eigenvalue weighted by Crippen LogP contribution is -2.70. The van der Waals surface area contributed by atoms with Gasteiger partial charge in [0.25, 0.3) is 0 Å². The zero-order chi connectivity index (χ0) is 30.2. The second kappa shape index (κ2) is 23.8. The minimum Gasteiger partial charge on any atom is -0.477 e. The van der Waals surface area contributed by atoms with E-state index >= 15 is 0 Å². The van der Waals surface area contributed by atoms with Crippen molar-refractivity contribution in [3.05, 3.63) is 12.2 Å². The molecule has 0 aliphatic heterocycles. The lowest BCUT2D eigenvalue weighted by molar-refractivity contribution is -0.968. The molecule has 0 bridgehead atoms. The number of unbranched alkanes of at least 4 members (excludes halogenated alkanes) is 18. The van der Waals surface area contributed by atoms with Crippen LogP contribution in [0.2, 0.25) is 0 Å². The molecule has 0 rings (SSSR count). The Bertz CT molecular complexity index is 657. The summed E-state index contributed by atoms with van der Waals surface area (Å²) in [6, 6.07) is -3.36. The Labute approximate surface area is 245 Å². The number of aliphatic carboxylic acids is 3. The number of rotatable bonds is 28. The predicted molar refractivity (Wildman–Crippen MR) is 164 cm³/mol. The van der Waals surface area contributed by atoms with E-state index in [-0.39, 0.29) is 6.54 Å². The van der Waals surface area contributed by atoms with Crippen LogP contribution >= 0.6 is 0 Å². The monoisotopic (exact) mass is 568 g/mol. The first kappa shape index (κ1) is 38.1. The van der Waals surface area contributed by atoms with E-state index in [9.17, 15) is 29.7 Å². The lowest BCUT2D eigenvalue weighted by Gasteiger charge is -2.47. The molecule has 0 fully saturated rings. The highest BCUT2D eigenvalue weighted by molar-refractivity contribution is 5.77. The van der Waals surface area contributed by atoms with Crippen LogP contribution in [-0.2, 0) is 14.4 Å². The Hall–Kier alpha value is -1.89. The van der Waals surface area contributed by atoms with Crippen LogP contribution in [0.3, 0.4) is 0 Å². The predicted octanol–water partition coefficient (Wildman–Crippen LogP) is 8.60. The Morgan fingerprint density at radius 2 is 0.775 bits per heavy atom. The normalized spacial score (nSPS) is 15.5. The molecule has 0 saturated carbocycles. The molecule has 7 heteroatoms. The smallest absolute Gasteiger partial charge is 0.362 e. The summed E-state index contributed by atoms with van der Waals surface area (Å²) in [7, 11) is 0. The molecular formula is C33H62NO6+. The molecule has 0 radical (unpaired) electrons. The highest BCUT2D eigenvalue weighted by atomic mass is 16.4. The molecular weight excluding hydrogens is 506 g/mol. The second-order valence-electron chi connectivity index (χ2n) is 11.8. The summed E-state index contributed by atoms with van der Waals surface area (Å²) in [4.78, 5) is 35.5. The molecule has 0 aliphatic carbocycles. The van der Waals surface area contributed by atoms with Crippen molar-refractivity contribution >= 4 is 17.9 Å². The lowest BCUT2D eigenvalue weighted by atomic mass is 9.99. The minimum absolute atomic E-state index is 0.227. The number of carbonyl (C=O) groups is 3. The fourth-order valence-electron chi connectivity index (χ4n) is 5.91. The molecule has 40 heavy (non-hydrogen) atoms. The van der Waals surface area contributed by atoms with Gasteiger partial charge in [0.15, 0.2) is 18.1 Å². The quantitative estimate of drug-likeness (QED) is 0.0495. The maximum atomic E-state index is 11.8. The third-order valence-corrected chi connectivity index (χ3v) is 8.77. The number of carboxylic acids is 3. The third-order valence-electron chi connectivity index (χ3n) is 8.77. The molecule has 0 saturated heterocycles. The van der Waals surface area contributed by atoms with Gasteiger partial charge in [-0.25, -0.2) is 14.4 Å². The van der Waals surface area contributed by atoms with Crippen LogP contribution < -0.4 is 0 Å². The largest absolute Gasteiger partial charge is 0.477 e. The molecule has 0 amide bonds. The average molecular weight is 569 g/mol. The highest BCUT2D eigenvalue weighted by Crippen LogP contribution is 2.27. The molecule has 0 aliphatic rings. The summed E-state index contributed by atoms with van der Waals surface area (Å²) in [5, 5.41) is 29.0. The maximum absolute atomic E-state index is 11.8. The first-order valence-corrected chi connectivity index (χ1v) is 16.3. The summed E-state index contributed by atoms with van der Waals surface area (Å²) in [6.07, 6.45) is 29.2. The van der Waals surface area contributed by atoms with Crippen molar-refractivity contribution in [1.29, 1.82) is 0 Å². The van der Waals surface area contributed by atoms with Gasteiger partial charge in [0, 0.05) is 0 Å². The molecule has 3 N–H and O–H groups in total. The standard InChI is InChI=1S/C33H61NO6/c1-5-6-7-8-9-10-11-12-13-14-15-16-17-18-19-20-21-22-23-24-25-26-27-34(28(2)31(35)36,29(3)32(37)38)30(4)33(39)40/h7-8,28-30H,5-6,9-27H2,1-4H3,(H2-,35,36,37,38,39,40)/p+1/b8-7+. The summed E-state index contributed by atoms with van der Waals surface area (Å²) >= 11 is 0. The molecule has 7 nitrogen and oxygen atoms in total. The molecule has 234 valence electrons. The van der Waals surface area contributed by atoms with E-state index in [2.05, 4.69) is 19.1 Å². The molecule has 3 unspecified atom stereocenters. The Kier molecular flexibility index (Phi) is 22.7. The summed E-state index contributed by atoms with van der Waals surface area (Å²) in [5.74, 6) is -3.51. The Morgan fingerprint density at radius 1 is 0.500 bits per heavy atom. The van der Waals surface area contributed by atoms with Gasteiger partial charge in [-0.05, 0) is 52.9 Å². The van der Waals surface area contributed by atoms with Crippen molar-refractivity contribution in [3.8, 4) is 0 Å². The van der Waals surface area contributed by atoms with E-state index in [4.69, 9.17) is 0 Å². The SMILES string of the molecule is CCC/C=C/CCCCCCCCCCCCCCCCCCC[N+](C(C)C(=O)O)(C(C)C(=O)O)C(C)C(=O)O. The summed E-state index contributed by atoms with van der Waals surface area (Å²) < 4.78 is -0.475. The topological polar surface area (TPSA) is 112 Å². The minimum atomic E-state index is -1.17. The van der Waals surface area contributed by atoms with E-state index in [1.165, 1.54) is 124 Å². The fourth-order valence-corrected chi connectivity index (χ4v) is 5.91. The van der Waals surface area contributed by atoms with Gasteiger partial charge in [0.05, 0.1) is 6.54 Å². The van der Waals surface area contributed by atoms with Crippen LogP contribution in [0.25, 0.3) is 0 Å². The van der Waals surface area contributed by atoms with Gasteiger partial charge in [-0.2, -0.15) is 0 Å². The van der Waals surface area contributed by atoms with Crippen LogP contribution in [-0.4, -0.2) is 62.4 Å². The van der Waals surface area contributed by atoms with Crippen molar-refractivity contribution in [2.75, 3.05) is 6.54 Å². The molecule has 0 heterocycles. The molecule has 0 aromatic heterocycles. The fraction of sp³-hybridized carbons (Fsp3) is 0.848. The number of quaternary nitrogens is 1. The number of allylic oxidation sites excluding steroid dienone is 2. The van der Waals surface area contributed by atoms with E-state index in [0.29, 0.717) is 6.42 Å². The van der Waals surface area contributed by atoms with Gasteiger partial charge in [-0.3, -0.25) is 4.48 Å². The summed E-state index contributed by atoms with van der Waals surface area (Å²) in [6.45, 7) is 6.73. The summed E-state index contributed by atoms with van der Waals surface area (Å²) in [5.41, 5.74) is 0. The van der Waals surface area contributed by atoms with Gasteiger partial charge in [-0.1, -0.05) is 115 Å². The number of carboxylic acid groups (broad SMARTS) is 3. The van der Waals surface area contributed by atoms with E-state index in [1.54, 1.807) is 0 Å². The highest BCUT2D eigenvalue weighted by Gasteiger charge is 2.52. The number of nitrogens with zero attached hydrogens (tertiary/aromatic N) is 1. The average Bonchev–Trinajstić information content (AvgIpc) is 2.92. The zero-order valence-electron chi connectivity index (χ0n) is 26.2. The molecule has 3 atom stereocenters. The van der Waals surface area contributed by atoms with Crippen molar-refractivity contribution < 1.29 is 34.2 Å². The van der Waals surface area contributed by atoms with Gasteiger partial charge < -0.3 is 15.3 Å². The number of hydrogen-bond acceptors (Lipinski definition) is 3. The van der Waals surface area contributed by atoms with E-state index < -0.39 is 40.5 Å². The van der Waals surface area contributed by atoms with Gasteiger partial charge in [0.1, 0.15) is 0 Å². The van der Waals surface area contributed by atoms with Gasteiger partial charge >= 0.3 is 17.9 Å². The van der Waals surface area contributed by atoms with Crippen LogP contribution in [0.1, 0.15) is 156 Å². The van der Waals surface area contributed by atoms with Crippen molar-refractivity contribution in [3.63, 3.8) is 0 Å². The Morgan fingerprint density at radius 3 is 1.07 bits per heavy atom. The van der Waals surface area contributed by atoms with Crippen molar-refractivity contribution in [2.24, 2.45) is 0 Å². The zero-order valence-corrected chi connectivity index (χ0v) is 26.2. The molecule has 0 spiro atoms. The van der Waals surface area contributed by atoms with Crippen LogP contribution in [0.4, 0.5) is 0 Å². The first-order chi connectivity index (χ1) is 19.1. The van der Waals surface area contributed by atoms with Gasteiger partial charge in [-0.15, -0.1) is 0 Å². The third kappa shape index (κ3) is 15.8. The van der Waals surface area contributed by atoms with Gasteiger partial charge in [0.2, 0.25) is 0 Å². The van der Waals surface area contributed by atoms with Crippen molar-refractivity contribution in [2.45, 2.75) is 174 Å². The maximum Gasteiger partial charge on any atom is 0.362 e.